The maximum atomic E-state index is 12.1. The molecule has 2 rings (SSSR count). The molecule has 0 bridgehead atoms. The van der Waals surface area contributed by atoms with Crippen LogP contribution in [0, 0.1) is 0 Å². The lowest BCUT2D eigenvalue weighted by Gasteiger charge is -2.15. The van der Waals surface area contributed by atoms with Crippen LogP contribution in [0.25, 0.3) is 0 Å². The van der Waals surface area contributed by atoms with Crippen molar-refractivity contribution < 1.29 is 14.3 Å². The van der Waals surface area contributed by atoms with E-state index in [1.165, 1.54) is 0 Å². The summed E-state index contributed by atoms with van der Waals surface area (Å²) in [4.78, 5) is 23.7. The van der Waals surface area contributed by atoms with Gasteiger partial charge >= 0.3 is 0 Å². The number of hydrogen-bond donors (Lipinski definition) is 1. The van der Waals surface area contributed by atoms with Crippen molar-refractivity contribution in [3.63, 3.8) is 0 Å². The summed E-state index contributed by atoms with van der Waals surface area (Å²) in [5.41, 5.74) is 1.25. The highest BCUT2D eigenvalue weighted by Gasteiger charge is 2.15. The lowest BCUT2D eigenvalue weighted by atomic mass is 10.1. The number of ether oxygens (including phenoxy) is 1. The summed E-state index contributed by atoms with van der Waals surface area (Å²) in [6.45, 7) is 3.47. The molecule has 23 heavy (non-hydrogen) atoms. The molecule has 0 unspecified atom stereocenters. The number of anilines is 1. The average molecular weight is 332 g/mol. The molecule has 0 aromatic heterocycles. The molecule has 120 valence electrons. The Morgan fingerprint density at radius 1 is 1.17 bits per heavy atom. The third-order valence-electron chi connectivity index (χ3n) is 3.27. The third kappa shape index (κ3) is 4.83. The van der Waals surface area contributed by atoms with Gasteiger partial charge in [0.2, 0.25) is 0 Å². The van der Waals surface area contributed by atoms with Crippen molar-refractivity contribution in [2.24, 2.45) is 0 Å². The van der Waals surface area contributed by atoms with Gasteiger partial charge in [-0.2, -0.15) is 0 Å². The molecule has 0 aliphatic carbocycles. The van der Waals surface area contributed by atoms with Crippen molar-refractivity contribution in [3.05, 3.63) is 59.1 Å². The van der Waals surface area contributed by atoms with Crippen LogP contribution in [0.3, 0.4) is 0 Å². The van der Waals surface area contributed by atoms with Crippen LogP contribution in [0.15, 0.2) is 48.5 Å². The number of Topliss-reactive ketones (excluding diaryl/α,β-unsaturated/α-hetero) is 1. The molecule has 0 saturated carbocycles. The molecule has 1 atom stereocenters. The number of hydrogen-bond acceptors (Lipinski definition) is 3. The zero-order chi connectivity index (χ0) is 16.8. The molecule has 0 aliphatic heterocycles. The van der Waals surface area contributed by atoms with Gasteiger partial charge in [0.05, 0.1) is 0 Å². The third-order valence-corrected chi connectivity index (χ3v) is 3.51. The van der Waals surface area contributed by atoms with Crippen LogP contribution < -0.4 is 10.1 Å². The van der Waals surface area contributed by atoms with Crippen LogP contribution in [0.5, 0.6) is 5.75 Å². The van der Waals surface area contributed by atoms with Crippen molar-refractivity contribution in [1.82, 2.24) is 0 Å². The Balaban J connectivity index is 1.96. The summed E-state index contributed by atoms with van der Waals surface area (Å²) in [6, 6.07) is 13.7. The minimum Gasteiger partial charge on any atom is -0.481 e. The Hall–Kier alpha value is -2.33. The van der Waals surface area contributed by atoms with E-state index in [0.717, 1.165) is 0 Å². The van der Waals surface area contributed by atoms with Crippen molar-refractivity contribution in [2.45, 2.75) is 26.4 Å². The molecule has 0 saturated heterocycles. The fourth-order valence-corrected chi connectivity index (χ4v) is 2.18. The molecule has 0 radical (unpaired) electrons. The highest BCUT2D eigenvalue weighted by atomic mass is 35.5. The summed E-state index contributed by atoms with van der Waals surface area (Å²) in [6.07, 6.45) is -0.222. The minimum absolute atomic E-state index is 0.0725. The second kappa shape index (κ2) is 7.79. The van der Waals surface area contributed by atoms with E-state index in [-0.39, 0.29) is 11.7 Å². The number of carbonyl (C=O) groups excluding carboxylic acids is 2. The van der Waals surface area contributed by atoms with E-state index in [4.69, 9.17) is 16.3 Å². The molecule has 4 nitrogen and oxygen atoms in total. The van der Waals surface area contributed by atoms with Gasteiger partial charge in [0, 0.05) is 22.7 Å². The Morgan fingerprint density at radius 2 is 1.87 bits per heavy atom. The van der Waals surface area contributed by atoms with Gasteiger partial charge in [0.1, 0.15) is 5.75 Å². The second-order valence-corrected chi connectivity index (χ2v) is 5.50. The van der Waals surface area contributed by atoms with Crippen LogP contribution in [-0.4, -0.2) is 17.8 Å². The topological polar surface area (TPSA) is 55.4 Å². The smallest absolute Gasteiger partial charge is 0.265 e. The quantitative estimate of drug-likeness (QED) is 0.801. The standard InChI is InChI=1S/C18H18ClNO3/c1-3-17(21)13-7-9-16(10-8-13)23-12(2)18(22)20-15-6-4-5-14(19)11-15/h4-12H,3H2,1-2H3,(H,20,22)/t12-/m1/s1. The first-order valence-corrected chi connectivity index (χ1v) is 7.73. The fraction of sp³-hybridized carbons (Fsp3) is 0.222. The summed E-state index contributed by atoms with van der Waals surface area (Å²) in [5, 5.41) is 3.29. The van der Waals surface area contributed by atoms with Crippen LogP contribution in [0.2, 0.25) is 5.02 Å². The van der Waals surface area contributed by atoms with Crippen LogP contribution in [0.1, 0.15) is 30.6 Å². The number of rotatable bonds is 6. The molecule has 5 heteroatoms. The second-order valence-electron chi connectivity index (χ2n) is 5.06. The van der Waals surface area contributed by atoms with E-state index in [9.17, 15) is 9.59 Å². The van der Waals surface area contributed by atoms with Gasteiger partial charge in [-0.1, -0.05) is 24.6 Å². The fourth-order valence-electron chi connectivity index (χ4n) is 1.99. The first-order chi connectivity index (χ1) is 11.0. The van der Waals surface area contributed by atoms with Crippen molar-refractivity contribution in [1.29, 1.82) is 0 Å². The van der Waals surface area contributed by atoms with Crippen molar-refractivity contribution >= 4 is 29.0 Å². The molecule has 0 fully saturated rings. The number of carbonyl (C=O) groups is 2. The van der Waals surface area contributed by atoms with Gasteiger partial charge in [-0.25, -0.2) is 0 Å². The van der Waals surface area contributed by atoms with E-state index in [1.54, 1.807) is 55.5 Å². The average Bonchev–Trinajstić information content (AvgIpc) is 2.54. The van der Waals surface area contributed by atoms with E-state index < -0.39 is 6.10 Å². The molecular formula is C18H18ClNO3. The first-order valence-electron chi connectivity index (χ1n) is 7.36. The molecule has 0 heterocycles. The largest absolute Gasteiger partial charge is 0.481 e. The van der Waals surface area contributed by atoms with Crippen LogP contribution >= 0.6 is 11.6 Å². The summed E-state index contributed by atoms with van der Waals surface area (Å²) in [5.74, 6) is 0.329. The molecule has 0 spiro atoms. The zero-order valence-corrected chi connectivity index (χ0v) is 13.8. The van der Waals surface area contributed by atoms with E-state index >= 15 is 0 Å². The monoisotopic (exact) mass is 331 g/mol. The number of amides is 1. The maximum Gasteiger partial charge on any atom is 0.265 e. The number of nitrogens with one attached hydrogen (secondary N) is 1. The minimum atomic E-state index is -0.679. The summed E-state index contributed by atoms with van der Waals surface area (Å²) >= 11 is 5.88. The number of ketones is 1. The number of benzene rings is 2. The van der Waals surface area contributed by atoms with Gasteiger partial charge < -0.3 is 10.1 Å². The normalized spacial score (nSPS) is 11.6. The van der Waals surface area contributed by atoms with E-state index in [1.807, 2.05) is 6.92 Å². The summed E-state index contributed by atoms with van der Waals surface area (Å²) < 4.78 is 5.59. The highest BCUT2D eigenvalue weighted by molar-refractivity contribution is 6.30. The van der Waals surface area contributed by atoms with Gasteiger partial charge in [0.25, 0.3) is 5.91 Å². The maximum absolute atomic E-state index is 12.1. The van der Waals surface area contributed by atoms with Gasteiger partial charge in [0.15, 0.2) is 11.9 Å². The lowest BCUT2D eigenvalue weighted by Crippen LogP contribution is -2.30. The SMILES string of the molecule is CCC(=O)c1ccc(O[C@H](C)C(=O)Nc2cccc(Cl)c2)cc1. The van der Waals surface area contributed by atoms with Crippen LogP contribution in [-0.2, 0) is 4.79 Å². The van der Waals surface area contributed by atoms with Crippen molar-refractivity contribution in [2.75, 3.05) is 5.32 Å². The zero-order valence-electron chi connectivity index (χ0n) is 13.0. The first kappa shape index (κ1) is 17.0. The Bertz CT molecular complexity index is 698. The van der Waals surface area contributed by atoms with Gasteiger partial charge in [-0.15, -0.1) is 0 Å². The molecule has 1 amide bonds. The molecule has 2 aromatic carbocycles. The highest BCUT2D eigenvalue weighted by Crippen LogP contribution is 2.17. The summed E-state index contributed by atoms with van der Waals surface area (Å²) in [7, 11) is 0. The Kier molecular flexibility index (Phi) is 5.77. The molecule has 0 aliphatic rings. The molecule has 1 N–H and O–H groups in total. The van der Waals surface area contributed by atoms with E-state index in [2.05, 4.69) is 5.32 Å². The number of halogens is 1. The lowest BCUT2D eigenvalue weighted by molar-refractivity contribution is -0.122. The van der Waals surface area contributed by atoms with Gasteiger partial charge in [-0.3, -0.25) is 9.59 Å². The van der Waals surface area contributed by atoms with Crippen molar-refractivity contribution in [3.8, 4) is 5.75 Å². The Labute approximate surface area is 140 Å². The predicted molar refractivity (Wildman–Crippen MR) is 91.2 cm³/mol. The molecular weight excluding hydrogens is 314 g/mol. The van der Waals surface area contributed by atoms with Gasteiger partial charge in [-0.05, 0) is 49.4 Å². The predicted octanol–water partition coefficient (Wildman–Crippen LogP) is 4.34. The van der Waals surface area contributed by atoms with Crippen LogP contribution in [0.4, 0.5) is 5.69 Å². The molecule has 2 aromatic rings. The Morgan fingerprint density at radius 3 is 2.48 bits per heavy atom. The van der Waals surface area contributed by atoms with E-state index in [0.29, 0.717) is 28.4 Å².